The van der Waals surface area contributed by atoms with Gasteiger partial charge in [0.15, 0.2) is 0 Å². The number of carbonyl (C=O) groups excluding carboxylic acids is 1. The molecule has 1 amide bonds. The molecular weight excluding hydrogens is 327 g/mol. The highest BCUT2D eigenvalue weighted by Crippen LogP contribution is 2.42. The molecule has 1 aromatic rings. The minimum absolute atomic E-state index is 0.0184. The predicted molar refractivity (Wildman–Crippen MR) is 80.0 cm³/mol. The fourth-order valence-corrected chi connectivity index (χ4v) is 2.95. The third kappa shape index (κ3) is 3.32. The van der Waals surface area contributed by atoms with Crippen molar-refractivity contribution in [3.63, 3.8) is 0 Å². The first kappa shape index (κ1) is 18.1. The molecule has 0 bridgehead atoms. The second-order valence-corrected chi connectivity index (χ2v) is 5.53. The van der Waals surface area contributed by atoms with Crippen molar-refractivity contribution in [2.45, 2.75) is 44.8 Å². The van der Waals surface area contributed by atoms with Crippen LogP contribution in [0.3, 0.4) is 0 Å². The zero-order valence-electron chi connectivity index (χ0n) is 13.3. The number of aliphatic carboxylic acids is 1. The summed E-state index contributed by atoms with van der Waals surface area (Å²) >= 11 is 0. The molecule has 0 aromatic heterocycles. The Bertz CT molecular complexity index is 645. The molecule has 1 heterocycles. The Labute approximate surface area is 137 Å². The van der Waals surface area contributed by atoms with Crippen molar-refractivity contribution in [1.82, 2.24) is 0 Å². The van der Waals surface area contributed by atoms with Crippen molar-refractivity contribution < 1.29 is 32.6 Å². The summed E-state index contributed by atoms with van der Waals surface area (Å²) in [4.78, 5) is 25.0. The van der Waals surface area contributed by atoms with Crippen molar-refractivity contribution in [3.05, 3.63) is 29.3 Å². The van der Waals surface area contributed by atoms with Crippen molar-refractivity contribution in [3.8, 4) is 0 Å². The average Bonchev–Trinajstić information content (AvgIpc) is 2.51. The van der Waals surface area contributed by atoms with Gasteiger partial charge in [0.1, 0.15) is 0 Å². The van der Waals surface area contributed by atoms with Gasteiger partial charge in [-0.25, -0.2) is 4.79 Å². The van der Waals surface area contributed by atoms with Gasteiger partial charge in [-0.2, -0.15) is 13.2 Å². The number of carboxylic acids is 1. The van der Waals surface area contributed by atoms with Crippen LogP contribution < -0.4 is 4.90 Å². The lowest BCUT2D eigenvalue weighted by atomic mass is 9.84. The van der Waals surface area contributed by atoms with Gasteiger partial charge in [0.2, 0.25) is 0 Å². The zero-order valence-corrected chi connectivity index (χ0v) is 13.3. The molecule has 2 rings (SSSR count). The largest absolute Gasteiger partial charge is 0.481 e. The third-order valence-corrected chi connectivity index (χ3v) is 4.10. The molecule has 24 heavy (non-hydrogen) atoms. The lowest BCUT2D eigenvalue weighted by Crippen LogP contribution is -2.46. The maximum absolute atomic E-state index is 13.0. The monoisotopic (exact) mass is 345 g/mol. The summed E-state index contributed by atoms with van der Waals surface area (Å²) in [7, 11) is 0. The number of benzene rings is 1. The van der Waals surface area contributed by atoms with Crippen LogP contribution in [-0.4, -0.2) is 29.8 Å². The number of halogens is 3. The van der Waals surface area contributed by atoms with E-state index in [1.807, 2.05) is 0 Å². The lowest BCUT2D eigenvalue weighted by Gasteiger charge is -2.38. The van der Waals surface area contributed by atoms with Gasteiger partial charge in [0, 0.05) is 6.04 Å². The van der Waals surface area contributed by atoms with E-state index in [9.17, 15) is 27.9 Å². The maximum atomic E-state index is 13.0. The molecule has 0 aliphatic carbocycles. The van der Waals surface area contributed by atoms with Crippen LogP contribution in [0.5, 0.6) is 0 Å². The number of rotatable bonds is 3. The van der Waals surface area contributed by atoms with Crippen molar-refractivity contribution >= 4 is 17.7 Å². The minimum atomic E-state index is -4.59. The standard InChI is InChI=1S/C16H18F3NO4/c1-3-10-8-12(14(21)22)11-7-9(16(17,18)19)5-6-13(11)20(10)15(23)24-4-2/h5-7,10,12H,3-4,8H2,1-2H3,(H,21,22)/t10-,12+/m1/s1. The lowest BCUT2D eigenvalue weighted by molar-refractivity contribution is -0.140. The Morgan fingerprint density at radius 2 is 2.00 bits per heavy atom. The second kappa shape index (κ2) is 6.70. The van der Waals surface area contributed by atoms with Crippen LogP contribution in [0.25, 0.3) is 0 Å². The fraction of sp³-hybridized carbons (Fsp3) is 0.500. The maximum Gasteiger partial charge on any atom is 0.416 e. The van der Waals surface area contributed by atoms with Crippen molar-refractivity contribution in [2.24, 2.45) is 0 Å². The number of hydrogen-bond acceptors (Lipinski definition) is 3. The Kier molecular flexibility index (Phi) is 5.05. The van der Waals surface area contributed by atoms with E-state index in [1.54, 1.807) is 13.8 Å². The average molecular weight is 345 g/mol. The molecule has 0 spiro atoms. The predicted octanol–water partition coefficient (Wildman–Crippen LogP) is 4.02. The van der Waals surface area contributed by atoms with E-state index in [1.165, 1.54) is 4.90 Å². The smallest absolute Gasteiger partial charge is 0.416 e. The number of nitrogens with zero attached hydrogens (tertiary/aromatic N) is 1. The summed E-state index contributed by atoms with van der Waals surface area (Å²) in [6.45, 7) is 3.52. The molecule has 2 atom stereocenters. The number of carboxylic acid groups (broad SMARTS) is 1. The summed E-state index contributed by atoms with van der Waals surface area (Å²) in [6.07, 6.45) is -4.77. The van der Waals surface area contributed by atoms with E-state index >= 15 is 0 Å². The van der Waals surface area contributed by atoms with Gasteiger partial charge in [0.25, 0.3) is 0 Å². The summed E-state index contributed by atoms with van der Waals surface area (Å²) in [6, 6.07) is 2.36. The van der Waals surface area contributed by atoms with Gasteiger partial charge < -0.3 is 9.84 Å². The van der Waals surface area contributed by atoms with Crippen molar-refractivity contribution in [1.29, 1.82) is 0 Å². The minimum Gasteiger partial charge on any atom is -0.481 e. The zero-order chi connectivity index (χ0) is 18.1. The van der Waals surface area contributed by atoms with E-state index in [2.05, 4.69) is 0 Å². The second-order valence-electron chi connectivity index (χ2n) is 5.53. The Balaban J connectivity index is 2.60. The van der Waals surface area contributed by atoms with Crippen molar-refractivity contribution in [2.75, 3.05) is 11.5 Å². The fourth-order valence-electron chi connectivity index (χ4n) is 2.95. The number of hydrogen-bond donors (Lipinski definition) is 1. The third-order valence-electron chi connectivity index (χ3n) is 4.10. The van der Waals surface area contributed by atoms with Gasteiger partial charge in [0.05, 0.1) is 23.8 Å². The van der Waals surface area contributed by atoms with E-state index < -0.39 is 35.8 Å². The first-order valence-electron chi connectivity index (χ1n) is 7.60. The number of ether oxygens (including phenoxy) is 1. The highest BCUT2D eigenvalue weighted by atomic mass is 19.4. The van der Waals surface area contributed by atoms with Crippen LogP contribution in [0.1, 0.15) is 43.7 Å². The molecule has 0 saturated carbocycles. The van der Waals surface area contributed by atoms with Crippen LogP contribution >= 0.6 is 0 Å². The molecule has 1 aromatic carbocycles. The van der Waals surface area contributed by atoms with Gasteiger partial charge in [-0.15, -0.1) is 0 Å². The summed E-state index contributed by atoms with van der Waals surface area (Å²) in [5, 5.41) is 9.40. The molecule has 1 aliphatic rings. The van der Waals surface area contributed by atoms with Crippen LogP contribution in [0, 0.1) is 0 Å². The van der Waals surface area contributed by atoms with E-state index in [0.29, 0.717) is 6.42 Å². The van der Waals surface area contributed by atoms with Crippen LogP contribution in [0.2, 0.25) is 0 Å². The first-order chi connectivity index (χ1) is 11.2. The van der Waals surface area contributed by atoms with E-state index in [-0.39, 0.29) is 24.3 Å². The number of fused-ring (bicyclic) bond motifs is 1. The van der Waals surface area contributed by atoms with Crippen LogP contribution in [0.15, 0.2) is 18.2 Å². The van der Waals surface area contributed by atoms with Crippen LogP contribution in [-0.2, 0) is 15.7 Å². The molecule has 132 valence electrons. The van der Waals surface area contributed by atoms with Gasteiger partial charge in [-0.3, -0.25) is 9.69 Å². The van der Waals surface area contributed by atoms with Gasteiger partial charge in [-0.1, -0.05) is 6.92 Å². The molecule has 5 nitrogen and oxygen atoms in total. The molecule has 8 heteroatoms. The topological polar surface area (TPSA) is 66.8 Å². The molecule has 1 N–H and O–H groups in total. The Morgan fingerprint density at radius 1 is 1.33 bits per heavy atom. The molecule has 1 aliphatic heterocycles. The summed E-state index contributed by atoms with van der Waals surface area (Å²) in [5.41, 5.74) is -0.798. The number of anilines is 1. The van der Waals surface area contributed by atoms with Gasteiger partial charge >= 0.3 is 18.2 Å². The Hall–Kier alpha value is -2.25. The normalized spacial score (nSPS) is 20.5. The molecule has 0 unspecified atom stereocenters. The van der Waals surface area contributed by atoms with E-state index in [4.69, 9.17) is 4.74 Å². The quantitative estimate of drug-likeness (QED) is 0.898. The van der Waals surface area contributed by atoms with Crippen LogP contribution in [0.4, 0.5) is 23.7 Å². The van der Waals surface area contributed by atoms with E-state index in [0.717, 1.165) is 18.2 Å². The molecule has 0 saturated heterocycles. The SMILES string of the molecule is CCOC(=O)N1c2ccc(C(F)(F)F)cc2[C@@H](C(=O)O)C[C@H]1CC. The highest BCUT2D eigenvalue weighted by molar-refractivity contribution is 5.93. The number of amides is 1. The number of alkyl halides is 3. The molecule has 0 radical (unpaired) electrons. The number of carbonyl (C=O) groups is 2. The highest BCUT2D eigenvalue weighted by Gasteiger charge is 2.41. The van der Waals surface area contributed by atoms with Gasteiger partial charge in [-0.05, 0) is 43.5 Å². The molecular formula is C16H18F3NO4. The summed E-state index contributed by atoms with van der Waals surface area (Å²) < 4.78 is 43.8. The summed E-state index contributed by atoms with van der Waals surface area (Å²) in [5.74, 6) is -2.31. The molecule has 0 fully saturated rings. The Morgan fingerprint density at radius 3 is 2.50 bits per heavy atom. The first-order valence-corrected chi connectivity index (χ1v) is 7.60.